The van der Waals surface area contributed by atoms with Gasteiger partial charge in [0, 0.05) is 22.7 Å². The van der Waals surface area contributed by atoms with Crippen molar-refractivity contribution in [1.82, 2.24) is 5.16 Å². The minimum Gasteiger partial charge on any atom is -0.356 e. The summed E-state index contributed by atoms with van der Waals surface area (Å²) >= 11 is 0. The molecule has 0 aliphatic carbocycles. The molecule has 0 aliphatic heterocycles. The smallest absolute Gasteiger partial charge is 0.167 e. The molecule has 0 saturated carbocycles. The number of benzene rings is 2. The highest BCUT2D eigenvalue weighted by Crippen LogP contribution is 2.30. The Morgan fingerprint density at radius 2 is 1.92 bits per heavy atom. The van der Waals surface area contributed by atoms with Gasteiger partial charge in [-0.25, -0.2) is 8.60 Å². The van der Waals surface area contributed by atoms with Gasteiger partial charge in [0.1, 0.15) is 22.5 Å². The molecule has 4 nitrogen and oxygen atoms in total. The van der Waals surface area contributed by atoms with E-state index in [1.165, 1.54) is 12.3 Å². The van der Waals surface area contributed by atoms with Gasteiger partial charge in [0.2, 0.25) is 0 Å². The minimum atomic E-state index is -1.47. The molecule has 0 amide bonds. The number of hydrogen-bond donors (Lipinski definition) is 0. The molecular formula is C18H17FN2O2S. The van der Waals surface area contributed by atoms with Crippen molar-refractivity contribution in [1.29, 1.82) is 0 Å². The molecule has 124 valence electrons. The van der Waals surface area contributed by atoms with Crippen LogP contribution in [-0.4, -0.2) is 20.3 Å². The van der Waals surface area contributed by atoms with Crippen LogP contribution in [0.1, 0.15) is 26.3 Å². The van der Waals surface area contributed by atoms with E-state index in [9.17, 15) is 8.60 Å². The Labute approximate surface area is 142 Å². The summed E-state index contributed by atoms with van der Waals surface area (Å²) in [7, 11) is -1.47. The van der Waals surface area contributed by atoms with Crippen LogP contribution in [0.2, 0.25) is 0 Å². The molecular weight excluding hydrogens is 327 g/mol. The van der Waals surface area contributed by atoms with Gasteiger partial charge in [0.05, 0.1) is 4.75 Å². The Kier molecular flexibility index (Phi) is 4.32. The van der Waals surface area contributed by atoms with Crippen LogP contribution in [0.5, 0.6) is 0 Å². The zero-order chi connectivity index (χ0) is 17.3. The third-order valence-electron chi connectivity index (χ3n) is 3.49. The topological polar surface area (TPSA) is 55.5 Å². The van der Waals surface area contributed by atoms with E-state index in [0.29, 0.717) is 16.8 Å². The average molecular weight is 344 g/mol. The third kappa shape index (κ3) is 3.14. The second-order valence-corrected chi connectivity index (χ2v) is 8.26. The van der Waals surface area contributed by atoms with Crippen LogP contribution in [0.3, 0.4) is 0 Å². The van der Waals surface area contributed by atoms with E-state index in [1.54, 1.807) is 18.2 Å². The second kappa shape index (κ2) is 6.28. The predicted molar refractivity (Wildman–Crippen MR) is 94.9 cm³/mol. The molecule has 0 unspecified atom stereocenters. The molecule has 1 aromatic heterocycles. The monoisotopic (exact) mass is 344 g/mol. The van der Waals surface area contributed by atoms with Crippen LogP contribution >= 0.6 is 0 Å². The van der Waals surface area contributed by atoms with Gasteiger partial charge >= 0.3 is 0 Å². The molecule has 1 atom stereocenters. The van der Waals surface area contributed by atoms with E-state index in [2.05, 4.69) is 9.55 Å². The van der Waals surface area contributed by atoms with Gasteiger partial charge in [-0.05, 0) is 39.0 Å². The number of fused-ring (bicyclic) bond motifs is 1. The Morgan fingerprint density at radius 1 is 1.17 bits per heavy atom. The molecule has 1 heterocycles. The van der Waals surface area contributed by atoms with Crippen molar-refractivity contribution in [2.75, 3.05) is 0 Å². The summed E-state index contributed by atoms with van der Waals surface area (Å²) in [5.74, 6) is -0.450. The largest absolute Gasteiger partial charge is 0.356 e. The zero-order valence-electron chi connectivity index (χ0n) is 13.6. The summed E-state index contributed by atoms with van der Waals surface area (Å²) in [6, 6.07) is 12.1. The normalized spacial score (nSPS) is 13.7. The molecule has 0 saturated heterocycles. The summed E-state index contributed by atoms with van der Waals surface area (Å²) in [5, 5.41) is 4.85. The highest BCUT2D eigenvalue weighted by Gasteiger charge is 2.20. The Balaban J connectivity index is 2.12. The lowest BCUT2D eigenvalue weighted by molar-refractivity contribution is 0.459. The quantitative estimate of drug-likeness (QED) is 0.657. The van der Waals surface area contributed by atoms with Crippen molar-refractivity contribution in [3.8, 4) is 11.3 Å². The lowest BCUT2D eigenvalue weighted by Gasteiger charge is -2.13. The first kappa shape index (κ1) is 16.5. The number of hydrogen-bond acceptors (Lipinski definition) is 3. The second-order valence-electron chi connectivity index (χ2n) is 6.32. The fourth-order valence-corrected chi connectivity index (χ4v) is 2.73. The summed E-state index contributed by atoms with van der Waals surface area (Å²) < 4.78 is 35.3. The van der Waals surface area contributed by atoms with Gasteiger partial charge in [0.15, 0.2) is 5.58 Å². The van der Waals surface area contributed by atoms with Gasteiger partial charge in [-0.3, -0.25) is 0 Å². The summed E-state index contributed by atoms with van der Waals surface area (Å²) in [5.41, 5.74) is 1.95. The Morgan fingerprint density at radius 3 is 2.67 bits per heavy atom. The van der Waals surface area contributed by atoms with E-state index in [1.807, 2.05) is 39.0 Å². The molecule has 24 heavy (non-hydrogen) atoms. The first-order chi connectivity index (χ1) is 11.4. The average Bonchev–Trinajstić information content (AvgIpc) is 2.96. The van der Waals surface area contributed by atoms with Crippen molar-refractivity contribution < 1.29 is 13.1 Å². The molecule has 0 bridgehead atoms. The molecule has 0 radical (unpaired) electrons. The highest BCUT2D eigenvalue weighted by atomic mass is 32.2. The summed E-state index contributed by atoms with van der Waals surface area (Å²) in [6.45, 7) is 5.44. The number of aromatic nitrogens is 1. The molecule has 0 spiro atoms. The summed E-state index contributed by atoms with van der Waals surface area (Å²) in [6.07, 6.45) is 1.31. The van der Waals surface area contributed by atoms with Gasteiger partial charge in [-0.1, -0.05) is 29.4 Å². The number of para-hydroxylation sites is 1. The fraction of sp³-hybridized carbons (Fsp3) is 0.222. The SMILES string of the molecule is CC(C)(C)[S@](=O)/N=C/c1c(F)cccc1-c1noc2ccccc12. The fourth-order valence-electron chi connectivity index (χ4n) is 2.21. The maximum Gasteiger partial charge on any atom is 0.167 e. The van der Waals surface area contributed by atoms with Crippen molar-refractivity contribution in [3.63, 3.8) is 0 Å². The van der Waals surface area contributed by atoms with E-state index in [4.69, 9.17) is 4.52 Å². The molecule has 0 aliphatic rings. The standard InChI is InChI=1S/C18H17FN2O2S/c1-18(2,3)24(22)20-11-14-12(8-6-9-15(14)19)17-13-7-4-5-10-16(13)23-21-17/h4-11H,1-3H3/b20-11+/t24-/m0/s1. The third-order valence-corrected chi connectivity index (χ3v) is 4.83. The number of halogens is 1. The van der Waals surface area contributed by atoms with E-state index in [0.717, 1.165) is 5.39 Å². The number of nitrogens with zero attached hydrogens (tertiary/aromatic N) is 2. The predicted octanol–water partition coefficient (Wildman–Crippen LogP) is 4.52. The number of rotatable bonds is 3. The van der Waals surface area contributed by atoms with Gasteiger partial charge in [-0.2, -0.15) is 4.40 Å². The molecule has 0 N–H and O–H groups in total. The van der Waals surface area contributed by atoms with Crippen molar-refractivity contribution in [3.05, 3.63) is 53.8 Å². The van der Waals surface area contributed by atoms with Crippen LogP contribution in [-0.2, 0) is 11.0 Å². The van der Waals surface area contributed by atoms with Gasteiger partial charge in [0.25, 0.3) is 0 Å². The molecule has 3 aromatic rings. The molecule has 2 aromatic carbocycles. The highest BCUT2D eigenvalue weighted by molar-refractivity contribution is 7.85. The molecule has 3 rings (SSSR count). The molecule has 6 heteroatoms. The lowest BCUT2D eigenvalue weighted by Crippen LogP contribution is -2.19. The Hall–Kier alpha value is -2.34. The van der Waals surface area contributed by atoms with Gasteiger partial charge in [-0.15, -0.1) is 0 Å². The van der Waals surface area contributed by atoms with Crippen LogP contribution in [0.25, 0.3) is 22.2 Å². The van der Waals surface area contributed by atoms with Crippen LogP contribution in [0.4, 0.5) is 4.39 Å². The van der Waals surface area contributed by atoms with Crippen LogP contribution in [0, 0.1) is 5.82 Å². The first-order valence-electron chi connectivity index (χ1n) is 7.47. The van der Waals surface area contributed by atoms with Crippen LogP contribution < -0.4 is 0 Å². The maximum absolute atomic E-state index is 14.3. The van der Waals surface area contributed by atoms with Crippen LogP contribution in [0.15, 0.2) is 51.4 Å². The van der Waals surface area contributed by atoms with E-state index < -0.39 is 21.5 Å². The zero-order valence-corrected chi connectivity index (χ0v) is 14.4. The van der Waals surface area contributed by atoms with Crippen molar-refractivity contribution in [2.24, 2.45) is 4.40 Å². The Bertz CT molecular complexity index is 942. The molecule has 0 fully saturated rings. The van der Waals surface area contributed by atoms with Gasteiger partial charge < -0.3 is 4.52 Å². The van der Waals surface area contributed by atoms with E-state index in [-0.39, 0.29) is 5.56 Å². The van der Waals surface area contributed by atoms with Crippen molar-refractivity contribution in [2.45, 2.75) is 25.5 Å². The summed E-state index contributed by atoms with van der Waals surface area (Å²) in [4.78, 5) is 0. The van der Waals surface area contributed by atoms with E-state index >= 15 is 0 Å². The maximum atomic E-state index is 14.3. The first-order valence-corrected chi connectivity index (χ1v) is 8.58. The van der Waals surface area contributed by atoms with Crippen molar-refractivity contribution >= 4 is 28.2 Å². The lowest BCUT2D eigenvalue weighted by atomic mass is 10.0. The minimum absolute atomic E-state index is 0.245.